The Morgan fingerprint density at radius 2 is 1.82 bits per heavy atom. The monoisotopic (exact) mass is 175 g/mol. The molecule has 0 aliphatic rings. The fourth-order valence-electron chi connectivity index (χ4n) is 0.675. The van der Waals surface area contributed by atoms with Gasteiger partial charge in [-0.05, 0) is 12.1 Å². The maximum absolute atomic E-state index is 12.6. The molecule has 0 atom stereocenters. The van der Waals surface area contributed by atoms with Gasteiger partial charge >= 0.3 is 0 Å². The number of primary sulfonamides is 1. The highest BCUT2D eigenvalue weighted by Crippen LogP contribution is 2.10. The van der Waals surface area contributed by atoms with Gasteiger partial charge in [0, 0.05) is 0 Å². The predicted octanol–water partition coefficient (Wildman–Crippen LogP) is 0.473. The number of nitrogens with two attached hydrogens (primary N) is 1. The Labute approximate surface area is 63.7 Å². The van der Waals surface area contributed by atoms with Gasteiger partial charge in [-0.1, -0.05) is 12.1 Å². The van der Waals surface area contributed by atoms with Gasteiger partial charge in [0.15, 0.2) is 0 Å². The molecule has 0 radical (unpaired) electrons. The van der Waals surface area contributed by atoms with Crippen LogP contribution >= 0.6 is 0 Å². The van der Waals surface area contributed by atoms with E-state index in [-0.39, 0.29) is 0 Å². The number of hydrogen-bond donors (Lipinski definition) is 1. The lowest BCUT2D eigenvalue weighted by atomic mass is 10.4. The molecule has 0 spiro atoms. The molecule has 0 aromatic heterocycles. The fourth-order valence-corrected chi connectivity index (χ4v) is 1.28. The summed E-state index contributed by atoms with van der Waals surface area (Å²) in [5.74, 6) is -0.824. The van der Waals surface area contributed by atoms with Crippen LogP contribution in [0.4, 0.5) is 4.39 Å². The third kappa shape index (κ3) is 1.75. The van der Waals surface area contributed by atoms with Gasteiger partial charge in [-0.15, -0.1) is 0 Å². The zero-order valence-electron chi connectivity index (χ0n) is 5.49. The van der Waals surface area contributed by atoms with Crippen molar-refractivity contribution in [3.63, 3.8) is 0 Å². The van der Waals surface area contributed by atoms with Crippen molar-refractivity contribution in [1.82, 2.24) is 0 Å². The zero-order valence-corrected chi connectivity index (χ0v) is 6.31. The van der Waals surface area contributed by atoms with Crippen LogP contribution in [0.5, 0.6) is 0 Å². The van der Waals surface area contributed by atoms with Crippen LogP contribution in [0.15, 0.2) is 29.2 Å². The minimum atomic E-state index is -3.91. The number of halogens is 1. The molecule has 0 saturated carbocycles. The molecule has 0 unspecified atom stereocenters. The molecule has 0 heterocycles. The summed E-state index contributed by atoms with van der Waals surface area (Å²) >= 11 is 0. The van der Waals surface area contributed by atoms with Crippen molar-refractivity contribution in [1.29, 1.82) is 0 Å². The lowest BCUT2D eigenvalue weighted by Gasteiger charge is -1.97. The van der Waals surface area contributed by atoms with Crippen molar-refractivity contribution in [2.24, 2.45) is 5.14 Å². The smallest absolute Gasteiger partial charge is 0.225 e. The van der Waals surface area contributed by atoms with Crippen molar-refractivity contribution in [2.75, 3.05) is 0 Å². The lowest BCUT2D eigenvalue weighted by Crippen LogP contribution is -2.13. The quantitative estimate of drug-likeness (QED) is 0.674. The minimum absolute atomic E-state index is 0.472. The highest BCUT2D eigenvalue weighted by molar-refractivity contribution is 7.89. The molecule has 1 rings (SSSR count). The second-order valence-corrected chi connectivity index (χ2v) is 3.51. The van der Waals surface area contributed by atoms with E-state index in [1.54, 1.807) is 0 Å². The molecule has 0 aliphatic carbocycles. The van der Waals surface area contributed by atoms with Crippen molar-refractivity contribution >= 4 is 10.0 Å². The van der Waals surface area contributed by atoms with E-state index < -0.39 is 20.7 Å². The molecule has 3 nitrogen and oxygen atoms in total. The van der Waals surface area contributed by atoms with Crippen LogP contribution < -0.4 is 5.14 Å². The van der Waals surface area contributed by atoms with Crippen LogP contribution in [-0.4, -0.2) is 8.42 Å². The molecule has 0 saturated heterocycles. The van der Waals surface area contributed by atoms with Gasteiger partial charge < -0.3 is 0 Å². The molecular weight excluding hydrogens is 169 g/mol. The summed E-state index contributed by atoms with van der Waals surface area (Å²) in [5.41, 5.74) is 0. The van der Waals surface area contributed by atoms with E-state index in [0.29, 0.717) is 0 Å². The van der Waals surface area contributed by atoms with Crippen molar-refractivity contribution in [3.05, 3.63) is 30.1 Å². The molecule has 1 aromatic carbocycles. The lowest BCUT2D eigenvalue weighted by molar-refractivity contribution is 0.568. The van der Waals surface area contributed by atoms with Crippen LogP contribution in [0.2, 0.25) is 0 Å². The highest BCUT2D eigenvalue weighted by Gasteiger charge is 2.11. The first-order chi connectivity index (χ1) is 5.02. The highest BCUT2D eigenvalue weighted by atomic mass is 32.2. The molecule has 11 heavy (non-hydrogen) atoms. The van der Waals surface area contributed by atoms with Gasteiger partial charge in [0.1, 0.15) is 10.7 Å². The molecule has 60 valence electrons. The van der Waals surface area contributed by atoms with Crippen LogP contribution in [0.1, 0.15) is 0 Å². The molecule has 1 aromatic rings. The zero-order chi connectivity index (χ0) is 8.48. The SMILES string of the molecule is NS(=O)(=O)c1ccccc1F. The number of sulfonamides is 1. The molecule has 0 fully saturated rings. The first-order valence-electron chi connectivity index (χ1n) is 2.79. The van der Waals surface area contributed by atoms with Gasteiger partial charge in [-0.3, -0.25) is 0 Å². The van der Waals surface area contributed by atoms with Gasteiger partial charge in [0.05, 0.1) is 0 Å². The number of benzene rings is 1. The van der Waals surface area contributed by atoms with E-state index >= 15 is 0 Å². The summed E-state index contributed by atoms with van der Waals surface area (Å²) in [6.45, 7) is 0. The van der Waals surface area contributed by atoms with Crippen LogP contribution in [0.25, 0.3) is 0 Å². The second kappa shape index (κ2) is 2.60. The summed E-state index contributed by atoms with van der Waals surface area (Å²) < 4.78 is 33.8. The first kappa shape index (κ1) is 8.16. The van der Waals surface area contributed by atoms with E-state index in [9.17, 15) is 12.8 Å². The van der Waals surface area contributed by atoms with Crippen LogP contribution in [-0.2, 0) is 10.0 Å². The Hall–Kier alpha value is -0.940. The Bertz CT molecular complexity index is 361. The largest absolute Gasteiger partial charge is 0.240 e. The maximum atomic E-state index is 12.6. The number of rotatable bonds is 1. The Morgan fingerprint density at radius 1 is 1.27 bits per heavy atom. The van der Waals surface area contributed by atoms with E-state index in [4.69, 9.17) is 0 Å². The van der Waals surface area contributed by atoms with Crippen LogP contribution in [0, 0.1) is 5.82 Å². The molecule has 5 heteroatoms. The second-order valence-electron chi connectivity index (χ2n) is 1.98. The van der Waals surface area contributed by atoms with Crippen molar-refractivity contribution in [3.8, 4) is 0 Å². The third-order valence-electron chi connectivity index (χ3n) is 1.14. The van der Waals surface area contributed by atoms with Gasteiger partial charge in [0.25, 0.3) is 0 Å². The van der Waals surface area contributed by atoms with Crippen LogP contribution in [0.3, 0.4) is 0 Å². The Morgan fingerprint density at radius 3 is 2.18 bits per heavy atom. The topological polar surface area (TPSA) is 60.2 Å². The first-order valence-corrected chi connectivity index (χ1v) is 4.34. The summed E-state index contributed by atoms with van der Waals surface area (Å²) in [6, 6.07) is 4.96. The summed E-state index contributed by atoms with van der Waals surface area (Å²) in [6.07, 6.45) is 0. The molecule has 0 aliphatic heterocycles. The predicted molar refractivity (Wildman–Crippen MR) is 37.8 cm³/mol. The Balaban J connectivity index is 3.37. The average molecular weight is 175 g/mol. The average Bonchev–Trinajstić information content (AvgIpc) is 1.86. The van der Waals surface area contributed by atoms with Gasteiger partial charge in [-0.25, -0.2) is 17.9 Å². The van der Waals surface area contributed by atoms with Gasteiger partial charge in [0.2, 0.25) is 10.0 Å². The summed E-state index contributed by atoms with van der Waals surface area (Å²) in [5, 5.41) is 4.69. The Kier molecular flexibility index (Phi) is 1.92. The van der Waals surface area contributed by atoms with E-state index in [2.05, 4.69) is 5.14 Å². The molecule has 0 bridgehead atoms. The standard InChI is InChI=1S/C6H6FNO2S/c7-5-3-1-2-4-6(5)11(8,9)10/h1-4H,(H2,8,9,10). The van der Waals surface area contributed by atoms with Crippen molar-refractivity contribution in [2.45, 2.75) is 4.90 Å². The molecular formula is C6H6FNO2S. The van der Waals surface area contributed by atoms with Gasteiger partial charge in [-0.2, -0.15) is 0 Å². The third-order valence-corrected chi connectivity index (χ3v) is 2.09. The van der Waals surface area contributed by atoms with E-state index in [1.807, 2.05) is 0 Å². The molecule has 2 N–H and O–H groups in total. The summed E-state index contributed by atoms with van der Waals surface area (Å²) in [7, 11) is -3.91. The normalized spacial score (nSPS) is 11.5. The minimum Gasteiger partial charge on any atom is -0.225 e. The number of hydrogen-bond acceptors (Lipinski definition) is 2. The van der Waals surface area contributed by atoms with Crippen molar-refractivity contribution < 1.29 is 12.8 Å². The fraction of sp³-hybridized carbons (Fsp3) is 0. The van der Waals surface area contributed by atoms with E-state index in [1.165, 1.54) is 12.1 Å². The molecule has 0 amide bonds. The summed E-state index contributed by atoms with van der Waals surface area (Å²) in [4.78, 5) is -0.472. The van der Waals surface area contributed by atoms with E-state index in [0.717, 1.165) is 12.1 Å². The maximum Gasteiger partial charge on any atom is 0.240 e.